The van der Waals surface area contributed by atoms with Gasteiger partial charge in [-0.05, 0) is 13.3 Å². The van der Waals surface area contributed by atoms with E-state index < -0.39 is 9.76 Å². The molecule has 0 unspecified atom stereocenters. The van der Waals surface area contributed by atoms with Crippen molar-refractivity contribution in [1.82, 2.24) is 0 Å². The molecule has 0 spiro atoms. The predicted octanol–water partition coefficient (Wildman–Crippen LogP) is 2.91. The molecule has 0 aliphatic heterocycles. The molecule has 0 radical (unpaired) electrons. The van der Waals surface area contributed by atoms with Crippen LogP contribution in [0.4, 0.5) is 0 Å². The largest absolute Gasteiger partial charge is 0.462 e. The Labute approximate surface area is 114 Å². The zero-order chi connectivity index (χ0) is 13.6. The number of rotatable bonds is 11. The molecule has 18 heavy (non-hydrogen) atoms. The van der Waals surface area contributed by atoms with Crippen molar-refractivity contribution in [1.29, 1.82) is 0 Å². The Morgan fingerprint density at radius 3 is 2.33 bits per heavy atom. The van der Waals surface area contributed by atoms with E-state index in [0.717, 1.165) is 12.8 Å². The lowest BCUT2D eigenvalue weighted by atomic mass is 10.1. The van der Waals surface area contributed by atoms with Crippen molar-refractivity contribution in [2.75, 3.05) is 13.7 Å². The minimum absolute atomic E-state index is 0.189. The molecule has 0 bridgehead atoms. The van der Waals surface area contributed by atoms with Gasteiger partial charge in [0.2, 0.25) is 0 Å². The summed E-state index contributed by atoms with van der Waals surface area (Å²) in [6, 6.07) is 0. The number of carbonyl (C=O) groups excluding carboxylic acids is 1. The number of hydrogen-bond acceptors (Lipinski definition) is 3. The van der Waals surface area contributed by atoms with Gasteiger partial charge in [0.1, 0.15) is 0 Å². The van der Waals surface area contributed by atoms with Crippen molar-refractivity contribution in [2.45, 2.75) is 58.8 Å². The van der Waals surface area contributed by atoms with Crippen molar-refractivity contribution >= 4 is 15.7 Å². The Kier molecular flexibility index (Phi) is 12.4. The molecule has 0 aliphatic rings. The first-order chi connectivity index (χ1) is 8.72. The van der Waals surface area contributed by atoms with Crippen LogP contribution in [0.3, 0.4) is 0 Å². The van der Waals surface area contributed by atoms with E-state index in [2.05, 4.69) is 6.92 Å². The quantitative estimate of drug-likeness (QED) is 0.251. The molecule has 0 aliphatic carbocycles. The number of esters is 1. The molecule has 0 atom stereocenters. The highest BCUT2D eigenvalue weighted by Gasteiger charge is 2.04. The van der Waals surface area contributed by atoms with E-state index in [9.17, 15) is 4.79 Å². The maximum atomic E-state index is 11.5. The van der Waals surface area contributed by atoms with Gasteiger partial charge in [0.15, 0.2) is 9.76 Å². The summed E-state index contributed by atoms with van der Waals surface area (Å²) in [6.07, 6.45) is 8.65. The van der Waals surface area contributed by atoms with Crippen LogP contribution < -0.4 is 0 Å². The topological polar surface area (TPSA) is 35.5 Å². The SMILES string of the molecule is CCCCCCCCCOC(=O)C(C)=C[SiH2]OC. The van der Waals surface area contributed by atoms with Crippen LogP contribution in [0.5, 0.6) is 0 Å². The third kappa shape index (κ3) is 10.5. The van der Waals surface area contributed by atoms with Gasteiger partial charge in [-0.15, -0.1) is 0 Å². The van der Waals surface area contributed by atoms with Gasteiger partial charge >= 0.3 is 5.97 Å². The summed E-state index contributed by atoms with van der Waals surface area (Å²) < 4.78 is 10.2. The Morgan fingerprint density at radius 1 is 1.11 bits per heavy atom. The van der Waals surface area contributed by atoms with Crippen LogP contribution in [-0.4, -0.2) is 29.4 Å². The van der Waals surface area contributed by atoms with Crippen LogP contribution in [0, 0.1) is 0 Å². The molecule has 0 aromatic carbocycles. The van der Waals surface area contributed by atoms with Crippen molar-refractivity contribution in [2.24, 2.45) is 0 Å². The number of unbranched alkanes of at least 4 members (excludes halogenated alkanes) is 6. The van der Waals surface area contributed by atoms with Crippen molar-refractivity contribution in [3.63, 3.8) is 0 Å². The Bertz CT molecular complexity index is 239. The Morgan fingerprint density at radius 2 is 1.72 bits per heavy atom. The fourth-order valence-corrected chi connectivity index (χ4v) is 2.21. The van der Waals surface area contributed by atoms with Crippen LogP contribution in [0.1, 0.15) is 58.8 Å². The smallest absolute Gasteiger partial charge is 0.333 e. The first-order valence-electron chi connectivity index (χ1n) is 7.05. The standard InChI is InChI=1S/C14H28O3Si/c1-4-5-6-7-8-9-10-11-17-14(15)13(2)12-18-16-3/h12H,4-11,18H2,1-3H3. The molecule has 0 heterocycles. The predicted molar refractivity (Wildman–Crippen MR) is 78.3 cm³/mol. The molecule has 0 saturated heterocycles. The number of carbonyl (C=O) groups is 1. The van der Waals surface area contributed by atoms with Crippen LogP contribution >= 0.6 is 0 Å². The van der Waals surface area contributed by atoms with Crippen molar-refractivity contribution < 1.29 is 14.0 Å². The summed E-state index contributed by atoms with van der Waals surface area (Å²) in [5, 5.41) is 0. The van der Waals surface area contributed by atoms with E-state index in [0.29, 0.717) is 12.2 Å². The van der Waals surface area contributed by atoms with Gasteiger partial charge in [0.05, 0.1) is 6.61 Å². The molecule has 0 aromatic heterocycles. The summed E-state index contributed by atoms with van der Waals surface area (Å²) in [6.45, 7) is 4.56. The highest BCUT2D eigenvalue weighted by atomic mass is 28.2. The van der Waals surface area contributed by atoms with E-state index in [4.69, 9.17) is 9.16 Å². The molecular weight excluding hydrogens is 244 g/mol. The van der Waals surface area contributed by atoms with Gasteiger partial charge in [-0.1, -0.05) is 51.1 Å². The summed E-state index contributed by atoms with van der Waals surface area (Å²) in [7, 11) is 0.990. The molecular formula is C14H28O3Si. The van der Waals surface area contributed by atoms with Gasteiger partial charge in [-0.3, -0.25) is 0 Å². The van der Waals surface area contributed by atoms with Gasteiger partial charge in [-0.2, -0.15) is 0 Å². The summed E-state index contributed by atoms with van der Waals surface area (Å²) in [4.78, 5) is 11.5. The second-order valence-electron chi connectivity index (χ2n) is 4.60. The minimum atomic E-state index is -0.676. The molecule has 0 aromatic rings. The van der Waals surface area contributed by atoms with Crippen molar-refractivity contribution in [3.8, 4) is 0 Å². The van der Waals surface area contributed by atoms with Gasteiger partial charge in [-0.25, -0.2) is 4.79 Å². The van der Waals surface area contributed by atoms with Crippen LogP contribution in [0.2, 0.25) is 0 Å². The summed E-state index contributed by atoms with van der Waals surface area (Å²) in [5.74, 6) is -0.189. The molecule has 0 fully saturated rings. The van der Waals surface area contributed by atoms with E-state index in [-0.39, 0.29) is 5.97 Å². The number of ether oxygens (including phenoxy) is 1. The molecule has 106 valence electrons. The zero-order valence-electron chi connectivity index (χ0n) is 12.2. The van der Waals surface area contributed by atoms with E-state index in [1.165, 1.54) is 32.1 Å². The van der Waals surface area contributed by atoms with Gasteiger partial charge in [0.25, 0.3) is 0 Å². The first-order valence-corrected chi connectivity index (χ1v) is 8.44. The summed E-state index contributed by atoms with van der Waals surface area (Å²) >= 11 is 0. The molecule has 0 N–H and O–H groups in total. The lowest BCUT2D eigenvalue weighted by Gasteiger charge is -2.05. The maximum Gasteiger partial charge on any atom is 0.333 e. The molecule has 3 nitrogen and oxygen atoms in total. The molecule has 4 heteroatoms. The monoisotopic (exact) mass is 272 g/mol. The average molecular weight is 272 g/mol. The second kappa shape index (κ2) is 12.8. The van der Waals surface area contributed by atoms with E-state index in [1.807, 2.05) is 5.70 Å². The fraction of sp³-hybridized carbons (Fsp3) is 0.786. The van der Waals surface area contributed by atoms with Crippen LogP contribution in [0.25, 0.3) is 0 Å². The van der Waals surface area contributed by atoms with Gasteiger partial charge < -0.3 is 9.16 Å². The van der Waals surface area contributed by atoms with Crippen LogP contribution in [-0.2, 0) is 14.0 Å². The molecule has 0 saturated carbocycles. The Hall–Kier alpha value is -0.613. The second-order valence-corrected chi connectivity index (χ2v) is 5.92. The fourth-order valence-electron chi connectivity index (χ4n) is 1.63. The molecule has 0 rings (SSSR count). The normalized spacial score (nSPS) is 12.3. The molecule has 0 amide bonds. The Balaban J connectivity index is 3.40. The highest BCUT2D eigenvalue weighted by molar-refractivity contribution is 6.35. The third-order valence-electron chi connectivity index (χ3n) is 2.86. The number of hydrogen-bond donors (Lipinski definition) is 0. The van der Waals surface area contributed by atoms with E-state index >= 15 is 0 Å². The van der Waals surface area contributed by atoms with Crippen LogP contribution in [0.15, 0.2) is 11.3 Å². The third-order valence-corrected chi connectivity index (χ3v) is 3.97. The average Bonchev–Trinajstić information content (AvgIpc) is 2.38. The lowest BCUT2D eigenvalue weighted by molar-refractivity contribution is -0.139. The first kappa shape index (κ1) is 17.4. The van der Waals surface area contributed by atoms with E-state index in [1.54, 1.807) is 14.0 Å². The highest BCUT2D eigenvalue weighted by Crippen LogP contribution is 2.07. The summed E-state index contributed by atoms with van der Waals surface area (Å²) in [5.41, 5.74) is 2.57. The van der Waals surface area contributed by atoms with Gasteiger partial charge in [0, 0.05) is 12.7 Å². The van der Waals surface area contributed by atoms with Crippen molar-refractivity contribution in [3.05, 3.63) is 11.3 Å². The lowest BCUT2D eigenvalue weighted by Crippen LogP contribution is -2.08. The zero-order valence-corrected chi connectivity index (χ0v) is 13.6. The maximum absolute atomic E-state index is 11.5. The minimum Gasteiger partial charge on any atom is -0.462 e.